The first kappa shape index (κ1) is 15.8. The van der Waals surface area contributed by atoms with Crippen LogP contribution in [-0.4, -0.2) is 52.9 Å². The molecular weight excluding hydrogens is 332 g/mol. The van der Waals surface area contributed by atoms with Gasteiger partial charge in [-0.3, -0.25) is 9.79 Å². The third-order valence-electron chi connectivity index (χ3n) is 6.13. The lowest BCUT2D eigenvalue weighted by Gasteiger charge is -2.34. The summed E-state index contributed by atoms with van der Waals surface area (Å²) < 4.78 is 5.14. The van der Waals surface area contributed by atoms with Crippen LogP contribution >= 0.6 is 0 Å². The fourth-order valence-corrected chi connectivity index (χ4v) is 4.59. The molecule has 6 atom stereocenters. The Labute approximate surface area is 151 Å². The zero-order valence-electron chi connectivity index (χ0n) is 14.4. The number of ether oxygens (including phenoxy) is 1. The number of aliphatic imine (C=N–C) groups is 1. The van der Waals surface area contributed by atoms with Crippen LogP contribution in [0.3, 0.4) is 0 Å². The molecule has 6 nitrogen and oxygen atoms in total. The maximum atomic E-state index is 13.1. The summed E-state index contributed by atoms with van der Waals surface area (Å²) in [5.74, 6) is -1.52. The van der Waals surface area contributed by atoms with E-state index in [-0.39, 0.29) is 36.3 Å². The van der Waals surface area contributed by atoms with Gasteiger partial charge in [0.05, 0.1) is 29.9 Å². The Hall–Kier alpha value is -2.47. The van der Waals surface area contributed by atoms with Gasteiger partial charge in [0.1, 0.15) is 6.61 Å². The van der Waals surface area contributed by atoms with E-state index in [1.807, 2.05) is 18.2 Å². The number of nitrogens with zero attached hydrogens (tertiary/aromatic N) is 2. The third kappa shape index (κ3) is 2.11. The summed E-state index contributed by atoms with van der Waals surface area (Å²) in [5.41, 5.74) is 2.76. The van der Waals surface area contributed by atoms with Crippen LogP contribution in [0.4, 0.5) is 0 Å². The van der Waals surface area contributed by atoms with Crippen molar-refractivity contribution in [1.29, 1.82) is 0 Å². The lowest BCUT2D eigenvalue weighted by Crippen LogP contribution is -2.44. The molecule has 134 valence electrons. The van der Waals surface area contributed by atoms with Gasteiger partial charge in [0.15, 0.2) is 6.10 Å². The molecule has 26 heavy (non-hydrogen) atoms. The number of aliphatic hydroxyl groups is 1. The van der Waals surface area contributed by atoms with E-state index < -0.39 is 18.0 Å². The number of allylic oxidation sites excluding steroid dienone is 4. The van der Waals surface area contributed by atoms with Gasteiger partial charge in [-0.05, 0) is 11.5 Å². The van der Waals surface area contributed by atoms with Crippen LogP contribution in [0.5, 0.6) is 0 Å². The van der Waals surface area contributed by atoms with Crippen molar-refractivity contribution >= 4 is 17.6 Å². The van der Waals surface area contributed by atoms with Crippen molar-refractivity contribution in [2.75, 3.05) is 13.2 Å². The number of dihydropyridines is 1. The monoisotopic (exact) mass is 352 g/mol. The molecule has 0 bridgehead atoms. The Morgan fingerprint density at radius 2 is 2.04 bits per heavy atom. The Morgan fingerprint density at radius 1 is 1.23 bits per heavy atom. The highest BCUT2D eigenvalue weighted by molar-refractivity contribution is 6.18. The largest absolute Gasteiger partial charge is 0.463 e. The van der Waals surface area contributed by atoms with E-state index in [0.29, 0.717) is 6.54 Å². The van der Waals surface area contributed by atoms with Crippen LogP contribution in [0.2, 0.25) is 0 Å². The van der Waals surface area contributed by atoms with Crippen LogP contribution in [0.15, 0.2) is 52.7 Å². The van der Waals surface area contributed by atoms with E-state index >= 15 is 0 Å². The molecule has 1 aliphatic carbocycles. The van der Waals surface area contributed by atoms with Crippen molar-refractivity contribution in [2.45, 2.75) is 19.1 Å². The highest BCUT2D eigenvalue weighted by atomic mass is 16.5. The molecule has 5 unspecified atom stereocenters. The fraction of sp³-hybridized carbons (Fsp3) is 0.450. The topological polar surface area (TPSA) is 79.2 Å². The molecular formula is C20H20N2O4. The number of cyclic esters (lactones) is 1. The van der Waals surface area contributed by atoms with Crippen molar-refractivity contribution < 1.29 is 19.4 Å². The van der Waals surface area contributed by atoms with Crippen LogP contribution in [-0.2, 0) is 14.3 Å². The van der Waals surface area contributed by atoms with Gasteiger partial charge in [0.25, 0.3) is 0 Å². The molecule has 1 amide bonds. The fourth-order valence-electron chi connectivity index (χ4n) is 4.59. The molecule has 0 aromatic carbocycles. The second-order valence-electron chi connectivity index (χ2n) is 7.60. The number of carbonyl (C=O) groups excluding carboxylic acids is 2. The molecule has 0 aromatic heterocycles. The van der Waals surface area contributed by atoms with E-state index in [2.05, 4.69) is 18.2 Å². The number of carbonyl (C=O) groups is 2. The first-order chi connectivity index (χ1) is 12.5. The molecule has 0 radical (unpaired) electrons. The van der Waals surface area contributed by atoms with E-state index in [0.717, 1.165) is 17.0 Å². The molecule has 0 aromatic rings. The van der Waals surface area contributed by atoms with Gasteiger partial charge < -0.3 is 14.7 Å². The molecule has 4 aliphatic heterocycles. The zero-order chi connectivity index (χ0) is 18.0. The van der Waals surface area contributed by atoms with Crippen molar-refractivity contribution in [1.82, 2.24) is 4.90 Å². The van der Waals surface area contributed by atoms with E-state index in [9.17, 15) is 14.7 Å². The Morgan fingerprint density at radius 3 is 2.88 bits per heavy atom. The number of hydrogen-bond donors (Lipinski definition) is 1. The first-order valence-corrected chi connectivity index (χ1v) is 9.07. The molecule has 2 saturated heterocycles. The summed E-state index contributed by atoms with van der Waals surface area (Å²) >= 11 is 0. The standard InChI is InChI=1S/C20H20N2O4/c1-10-13-7-16-17-12(6-11-4-2-3-5-15(11)21-17)8-22(16)19(24)14(13)9-26-20(25)18(10)23/h2-7,10-11,13-15,18,23H,8-9H2,1H3/t10?,11?,13?,14?,15?,18-/m0/s1. The second-order valence-corrected chi connectivity index (χ2v) is 7.60. The number of hydrogen-bond acceptors (Lipinski definition) is 5. The summed E-state index contributed by atoms with van der Waals surface area (Å²) in [6, 6.07) is 0.0643. The van der Waals surface area contributed by atoms with Crippen molar-refractivity contribution in [2.24, 2.45) is 28.7 Å². The smallest absolute Gasteiger partial charge is 0.335 e. The van der Waals surface area contributed by atoms with Crippen LogP contribution < -0.4 is 0 Å². The molecule has 0 spiro atoms. The van der Waals surface area contributed by atoms with Crippen molar-refractivity contribution in [3.8, 4) is 0 Å². The maximum absolute atomic E-state index is 13.1. The minimum Gasteiger partial charge on any atom is -0.463 e. The zero-order valence-corrected chi connectivity index (χ0v) is 14.4. The van der Waals surface area contributed by atoms with E-state index in [1.165, 1.54) is 0 Å². The quantitative estimate of drug-likeness (QED) is 0.660. The summed E-state index contributed by atoms with van der Waals surface area (Å²) in [5, 5.41) is 10.2. The Bertz CT molecular complexity index is 850. The average Bonchev–Trinajstić information content (AvgIpc) is 2.96. The Balaban J connectivity index is 1.57. The second kappa shape index (κ2) is 5.51. The number of amides is 1. The molecule has 1 N–H and O–H groups in total. The predicted octanol–water partition coefficient (Wildman–Crippen LogP) is 1.00. The SMILES string of the molecule is CC1C2C=C3C4=NC5C=CC=CC5C=C4CN3C(=O)C2COC(=O)[C@H]1O. The lowest BCUT2D eigenvalue weighted by atomic mass is 9.77. The van der Waals surface area contributed by atoms with Gasteiger partial charge in [0.2, 0.25) is 5.91 Å². The first-order valence-electron chi connectivity index (χ1n) is 9.07. The van der Waals surface area contributed by atoms with E-state index in [4.69, 9.17) is 9.73 Å². The highest BCUT2D eigenvalue weighted by Crippen LogP contribution is 2.41. The number of aliphatic hydroxyl groups excluding tert-OH is 1. The number of esters is 1. The van der Waals surface area contributed by atoms with Gasteiger partial charge in [-0.15, -0.1) is 0 Å². The normalized spacial score (nSPS) is 40.4. The predicted molar refractivity (Wildman–Crippen MR) is 94.0 cm³/mol. The molecule has 5 rings (SSSR count). The number of rotatable bonds is 0. The van der Waals surface area contributed by atoms with Gasteiger partial charge in [-0.2, -0.15) is 0 Å². The highest BCUT2D eigenvalue weighted by Gasteiger charge is 2.49. The molecule has 2 fully saturated rings. The average molecular weight is 352 g/mol. The van der Waals surface area contributed by atoms with Gasteiger partial charge >= 0.3 is 5.97 Å². The van der Waals surface area contributed by atoms with Crippen molar-refractivity contribution in [3.05, 3.63) is 47.7 Å². The molecule has 0 saturated carbocycles. The van der Waals surface area contributed by atoms with Crippen LogP contribution in [0.1, 0.15) is 6.92 Å². The van der Waals surface area contributed by atoms with Crippen LogP contribution in [0, 0.1) is 23.7 Å². The summed E-state index contributed by atoms with van der Waals surface area (Å²) in [6.45, 7) is 2.33. The van der Waals surface area contributed by atoms with E-state index in [1.54, 1.807) is 11.8 Å². The summed E-state index contributed by atoms with van der Waals surface area (Å²) in [6.07, 6.45) is 11.2. The summed E-state index contributed by atoms with van der Waals surface area (Å²) in [4.78, 5) is 31.6. The third-order valence-corrected chi connectivity index (χ3v) is 6.13. The molecule has 5 aliphatic rings. The summed E-state index contributed by atoms with van der Waals surface area (Å²) in [7, 11) is 0. The van der Waals surface area contributed by atoms with Crippen molar-refractivity contribution in [3.63, 3.8) is 0 Å². The lowest BCUT2D eigenvalue weighted by molar-refractivity contribution is -0.154. The molecule has 4 heterocycles. The maximum Gasteiger partial charge on any atom is 0.335 e. The number of fused-ring (bicyclic) bond motifs is 5. The van der Waals surface area contributed by atoms with Gasteiger partial charge in [-0.25, -0.2) is 4.79 Å². The molecule has 6 heteroatoms. The Kier molecular flexibility index (Phi) is 3.34. The minimum atomic E-state index is -1.21. The van der Waals surface area contributed by atoms with Gasteiger partial charge in [0, 0.05) is 11.8 Å². The minimum absolute atomic E-state index is 0.0201. The van der Waals surface area contributed by atoms with Crippen LogP contribution in [0.25, 0.3) is 0 Å². The van der Waals surface area contributed by atoms with Gasteiger partial charge in [-0.1, -0.05) is 43.4 Å².